The van der Waals surface area contributed by atoms with Gasteiger partial charge in [0.05, 0.1) is 29.4 Å². The first-order chi connectivity index (χ1) is 11.7. The van der Waals surface area contributed by atoms with E-state index >= 15 is 0 Å². The number of nitrogens with one attached hydrogen (secondary N) is 2. The average Bonchev–Trinajstić information content (AvgIpc) is 3.06. The van der Waals surface area contributed by atoms with E-state index in [0.29, 0.717) is 29.0 Å². The molecule has 120 valence electrons. The zero-order valence-corrected chi connectivity index (χ0v) is 13.0. The number of benzene rings is 1. The van der Waals surface area contributed by atoms with Crippen LogP contribution >= 0.6 is 0 Å². The van der Waals surface area contributed by atoms with E-state index in [-0.39, 0.29) is 6.61 Å². The summed E-state index contributed by atoms with van der Waals surface area (Å²) in [6.07, 6.45) is 3.27. The van der Waals surface area contributed by atoms with E-state index in [0.717, 1.165) is 10.9 Å². The first-order valence-electron chi connectivity index (χ1n) is 7.39. The fraction of sp³-hybridized carbons (Fsp3) is 0.176. The number of hydrogen-bond acceptors (Lipinski definition) is 6. The summed E-state index contributed by atoms with van der Waals surface area (Å²) in [7, 11) is 0. The molecule has 7 heteroatoms. The molecule has 0 amide bonds. The topological polar surface area (TPSA) is 104 Å². The molecule has 2 N–H and O–H groups in total. The number of aromatic amines is 1. The van der Waals surface area contributed by atoms with Crippen LogP contribution in [0.4, 0.5) is 5.82 Å². The third-order valence-electron chi connectivity index (χ3n) is 3.47. The molecule has 1 aromatic carbocycles. The van der Waals surface area contributed by atoms with Crippen LogP contribution in [-0.2, 0) is 4.74 Å². The van der Waals surface area contributed by atoms with Gasteiger partial charge in [-0.25, -0.2) is 9.78 Å². The number of pyridine rings is 1. The highest BCUT2D eigenvalue weighted by atomic mass is 16.5. The Kier molecular flexibility index (Phi) is 4.38. The van der Waals surface area contributed by atoms with Gasteiger partial charge in [-0.1, -0.05) is 0 Å². The van der Waals surface area contributed by atoms with Crippen molar-refractivity contribution in [2.45, 2.75) is 6.92 Å². The highest BCUT2D eigenvalue weighted by Gasteiger charge is 2.14. The molecule has 0 unspecified atom stereocenters. The van der Waals surface area contributed by atoms with Gasteiger partial charge in [0.25, 0.3) is 0 Å². The number of hydrogen-bond donors (Lipinski definition) is 2. The van der Waals surface area contributed by atoms with Gasteiger partial charge in [0.2, 0.25) is 0 Å². The second kappa shape index (κ2) is 6.79. The van der Waals surface area contributed by atoms with Crippen LogP contribution < -0.4 is 5.32 Å². The number of esters is 1. The lowest BCUT2D eigenvalue weighted by Gasteiger charge is -2.09. The fourth-order valence-corrected chi connectivity index (χ4v) is 2.40. The van der Waals surface area contributed by atoms with Gasteiger partial charge in [0, 0.05) is 11.6 Å². The van der Waals surface area contributed by atoms with Crippen molar-refractivity contribution >= 4 is 22.7 Å². The molecule has 0 saturated carbocycles. The monoisotopic (exact) mass is 321 g/mol. The van der Waals surface area contributed by atoms with Gasteiger partial charge in [-0.05, 0) is 36.8 Å². The predicted octanol–water partition coefficient (Wildman–Crippen LogP) is 2.41. The Bertz CT molecular complexity index is 926. The highest BCUT2D eigenvalue weighted by Crippen LogP contribution is 2.19. The molecule has 0 fully saturated rings. The van der Waals surface area contributed by atoms with Crippen molar-refractivity contribution in [2.24, 2.45) is 0 Å². The van der Waals surface area contributed by atoms with Crippen LogP contribution in [0.15, 0.2) is 36.7 Å². The lowest BCUT2D eigenvalue weighted by molar-refractivity contribution is 0.0522. The van der Waals surface area contributed by atoms with Gasteiger partial charge in [-0.3, -0.25) is 5.10 Å². The van der Waals surface area contributed by atoms with Crippen molar-refractivity contribution in [3.63, 3.8) is 0 Å². The molecule has 3 aromatic rings. The van der Waals surface area contributed by atoms with Crippen LogP contribution in [0.5, 0.6) is 0 Å². The van der Waals surface area contributed by atoms with Crippen molar-refractivity contribution in [2.75, 3.05) is 18.5 Å². The number of aromatic nitrogens is 3. The fourth-order valence-electron chi connectivity index (χ4n) is 2.40. The predicted molar refractivity (Wildman–Crippen MR) is 88.6 cm³/mol. The van der Waals surface area contributed by atoms with Crippen LogP contribution in [-0.4, -0.2) is 34.3 Å². The molecule has 0 aliphatic carbocycles. The minimum absolute atomic E-state index is 0.157. The summed E-state index contributed by atoms with van der Waals surface area (Å²) in [5.41, 5.74) is 2.52. The van der Waals surface area contributed by atoms with Gasteiger partial charge in [-0.2, -0.15) is 10.4 Å². The smallest absolute Gasteiger partial charge is 0.340 e. The zero-order chi connectivity index (χ0) is 16.9. The number of carbonyl (C=O) groups is 1. The van der Waals surface area contributed by atoms with Gasteiger partial charge < -0.3 is 10.1 Å². The van der Waals surface area contributed by atoms with Gasteiger partial charge in [0.15, 0.2) is 0 Å². The van der Waals surface area contributed by atoms with Gasteiger partial charge in [0.1, 0.15) is 18.5 Å². The largest absolute Gasteiger partial charge is 0.460 e. The Morgan fingerprint density at radius 1 is 1.46 bits per heavy atom. The van der Waals surface area contributed by atoms with Crippen LogP contribution in [0, 0.1) is 18.3 Å². The van der Waals surface area contributed by atoms with Crippen molar-refractivity contribution < 1.29 is 9.53 Å². The number of aryl methyl sites for hydroxylation is 1. The summed E-state index contributed by atoms with van der Waals surface area (Å²) in [5.74, 6) is 0.0545. The van der Waals surface area contributed by atoms with Crippen LogP contribution in [0.2, 0.25) is 0 Å². The molecule has 3 rings (SSSR count). The van der Waals surface area contributed by atoms with E-state index < -0.39 is 5.97 Å². The molecule has 2 aromatic heterocycles. The van der Waals surface area contributed by atoms with Crippen molar-refractivity contribution in [3.05, 3.63) is 53.3 Å². The first kappa shape index (κ1) is 15.5. The van der Waals surface area contributed by atoms with E-state index in [9.17, 15) is 4.79 Å². The molecule has 0 bridgehead atoms. The SMILES string of the molecule is Cc1cc(C(=O)OCCNc2ncccc2C#N)c2[nH]ncc2c1. The van der Waals surface area contributed by atoms with E-state index in [2.05, 4.69) is 26.6 Å². The number of anilines is 1. The minimum Gasteiger partial charge on any atom is -0.460 e. The average molecular weight is 321 g/mol. The Morgan fingerprint density at radius 2 is 2.33 bits per heavy atom. The molecule has 0 radical (unpaired) electrons. The number of fused-ring (bicyclic) bond motifs is 1. The lowest BCUT2D eigenvalue weighted by Crippen LogP contribution is -2.15. The molecule has 0 aliphatic heterocycles. The summed E-state index contributed by atoms with van der Waals surface area (Å²) in [4.78, 5) is 16.4. The maximum atomic E-state index is 12.3. The third-order valence-corrected chi connectivity index (χ3v) is 3.47. The van der Waals surface area contributed by atoms with E-state index in [1.807, 2.05) is 13.0 Å². The van der Waals surface area contributed by atoms with Gasteiger partial charge in [-0.15, -0.1) is 0 Å². The molecule has 24 heavy (non-hydrogen) atoms. The summed E-state index contributed by atoms with van der Waals surface area (Å²) in [5, 5.41) is 19.6. The van der Waals surface area contributed by atoms with Crippen molar-refractivity contribution in [1.82, 2.24) is 15.2 Å². The van der Waals surface area contributed by atoms with Crippen LogP contribution in [0.1, 0.15) is 21.5 Å². The zero-order valence-electron chi connectivity index (χ0n) is 13.0. The molecule has 2 heterocycles. The normalized spacial score (nSPS) is 10.3. The van der Waals surface area contributed by atoms with E-state index in [1.54, 1.807) is 30.6 Å². The Balaban J connectivity index is 1.62. The molecule has 7 nitrogen and oxygen atoms in total. The molecule has 0 atom stereocenters. The Morgan fingerprint density at radius 3 is 3.17 bits per heavy atom. The first-order valence-corrected chi connectivity index (χ1v) is 7.39. The van der Waals surface area contributed by atoms with E-state index in [4.69, 9.17) is 10.00 Å². The molecule has 0 spiro atoms. The molecule has 0 saturated heterocycles. The second-order valence-corrected chi connectivity index (χ2v) is 5.22. The molecular weight excluding hydrogens is 306 g/mol. The maximum Gasteiger partial charge on any atom is 0.340 e. The molecule has 0 aliphatic rings. The van der Waals surface area contributed by atoms with Crippen molar-refractivity contribution in [3.8, 4) is 6.07 Å². The molecular formula is C17H15N5O2. The summed E-state index contributed by atoms with van der Waals surface area (Å²) in [6, 6.07) is 9.12. The standard InChI is InChI=1S/C17H15N5O2/c1-11-7-13-10-21-22-15(13)14(8-11)17(23)24-6-5-20-16-12(9-18)3-2-4-19-16/h2-4,7-8,10H,5-6H2,1H3,(H,19,20)(H,21,22). The number of nitrogens with zero attached hydrogens (tertiary/aromatic N) is 3. The second-order valence-electron chi connectivity index (χ2n) is 5.22. The number of ether oxygens (including phenoxy) is 1. The van der Waals surface area contributed by atoms with Crippen molar-refractivity contribution in [1.29, 1.82) is 5.26 Å². The summed E-state index contributed by atoms with van der Waals surface area (Å²) < 4.78 is 5.30. The number of nitriles is 1. The highest BCUT2D eigenvalue weighted by molar-refractivity contribution is 6.02. The Hall–Kier alpha value is -3.40. The lowest BCUT2D eigenvalue weighted by atomic mass is 10.1. The van der Waals surface area contributed by atoms with Crippen LogP contribution in [0.3, 0.4) is 0 Å². The maximum absolute atomic E-state index is 12.3. The van der Waals surface area contributed by atoms with Crippen LogP contribution in [0.25, 0.3) is 10.9 Å². The number of rotatable bonds is 5. The summed E-state index contributed by atoms with van der Waals surface area (Å²) in [6.45, 7) is 2.43. The number of H-pyrrole nitrogens is 1. The third kappa shape index (κ3) is 3.17. The summed E-state index contributed by atoms with van der Waals surface area (Å²) >= 11 is 0. The minimum atomic E-state index is -0.420. The quantitative estimate of drug-likeness (QED) is 0.552. The Labute approximate surface area is 138 Å². The van der Waals surface area contributed by atoms with Gasteiger partial charge >= 0.3 is 5.97 Å². The van der Waals surface area contributed by atoms with E-state index in [1.165, 1.54) is 0 Å². The number of carbonyl (C=O) groups excluding carboxylic acids is 1.